The van der Waals surface area contributed by atoms with Crippen LogP contribution in [0.4, 0.5) is 0 Å². The SMILES string of the molecule is CCOC(=O)C1CCN(CC(=O)N2N=C(c3ccc(C)cc3C)C[C@H]2c2ccc(OCC)cc2)CC1. The van der Waals surface area contributed by atoms with Crippen LogP contribution in [-0.4, -0.2) is 60.3 Å². The molecule has 0 bridgehead atoms. The molecular weight excluding hydrogens is 454 g/mol. The zero-order chi connectivity index (χ0) is 25.7. The van der Waals surface area contributed by atoms with Gasteiger partial charge in [0.05, 0.1) is 37.4 Å². The van der Waals surface area contributed by atoms with Crippen LogP contribution < -0.4 is 4.74 Å². The largest absolute Gasteiger partial charge is 0.494 e. The predicted molar refractivity (Wildman–Crippen MR) is 140 cm³/mol. The molecular formula is C29H37N3O4. The normalized spacial score (nSPS) is 18.7. The summed E-state index contributed by atoms with van der Waals surface area (Å²) in [5.74, 6) is 0.593. The zero-order valence-electron chi connectivity index (χ0n) is 21.8. The minimum atomic E-state index is -0.166. The molecule has 36 heavy (non-hydrogen) atoms. The molecule has 1 amide bonds. The van der Waals surface area contributed by atoms with E-state index in [9.17, 15) is 9.59 Å². The first-order chi connectivity index (χ1) is 17.4. The van der Waals surface area contributed by atoms with Crippen LogP contribution in [0.15, 0.2) is 47.6 Å². The van der Waals surface area contributed by atoms with Crippen LogP contribution >= 0.6 is 0 Å². The van der Waals surface area contributed by atoms with Gasteiger partial charge in [0.2, 0.25) is 0 Å². The first-order valence-corrected chi connectivity index (χ1v) is 13.0. The average Bonchev–Trinajstić information content (AvgIpc) is 3.30. The van der Waals surface area contributed by atoms with Crippen molar-refractivity contribution in [1.82, 2.24) is 9.91 Å². The molecule has 0 saturated carbocycles. The Labute approximate surface area is 214 Å². The lowest BCUT2D eigenvalue weighted by Gasteiger charge is -2.32. The van der Waals surface area contributed by atoms with Crippen LogP contribution in [-0.2, 0) is 14.3 Å². The van der Waals surface area contributed by atoms with E-state index in [4.69, 9.17) is 14.6 Å². The lowest BCUT2D eigenvalue weighted by Crippen LogP contribution is -2.43. The van der Waals surface area contributed by atoms with Gasteiger partial charge in [0.25, 0.3) is 5.91 Å². The first-order valence-electron chi connectivity index (χ1n) is 13.0. The molecule has 192 valence electrons. The number of nitrogens with zero attached hydrogens (tertiary/aromatic N) is 3. The maximum atomic E-state index is 13.6. The number of hydrogen-bond donors (Lipinski definition) is 0. The molecule has 7 heteroatoms. The lowest BCUT2D eigenvalue weighted by atomic mass is 9.95. The van der Waals surface area contributed by atoms with E-state index >= 15 is 0 Å². The van der Waals surface area contributed by atoms with Gasteiger partial charge in [-0.05, 0) is 76.9 Å². The van der Waals surface area contributed by atoms with E-state index in [2.05, 4.69) is 36.9 Å². The van der Waals surface area contributed by atoms with Gasteiger partial charge in [0, 0.05) is 12.0 Å². The highest BCUT2D eigenvalue weighted by Crippen LogP contribution is 2.34. The molecule has 2 heterocycles. The minimum Gasteiger partial charge on any atom is -0.494 e. The zero-order valence-corrected chi connectivity index (χ0v) is 21.8. The number of benzene rings is 2. The van der Waals surface area contributed by atoms with Crippen molar-refractivity contribution < 1.29 is 19.1 Å². The summed E-state index contributed by atoms with van der Waals surface area (Å²) >= 11 is 0. The smallest absolute Gasteiger partial charge is 0.309 e. The Kier molecular flexibility index (Phi) is 8.41. The van der Waals surface area contributed by atoms with E-state index in [1.165, 1.54) is 5.56 Å². The van der Waals surface area contributed by atoms with Crippen molar-refractivity contribution in [3.8, 4) is 5.75 Å². The topological polar surface area (TPSA) is 71.4 Å². The molecule has 7 nitrogen and oxygen atoms in total. The Morgan fingerprint density at radius 3 is 2.36 bits per heavy atom. The number of esters is 1. The molecule has 0 radical (unpaired) electrons. The maximum absolute atomic E-state index is 13.6. The van der Waals surface area contributed by atoms with E-state index in [1.54, 1.807) is 5.01 Å². The third-order valence-electron chi connectivity index (χ3n) is 7.00. The molecule has 0 aromatic heterocycles. The molecule has 2 aromatic carbocycles. The summed E-state index contributed by atoms with van der Waals surface area (Å²) in [5.41, 5.74) is 5.42. The summed E-state index contributed by atoms with van der Waals surface area (Å²) in [7, 11) is 0. The van der Waals surface area contributed by atoms with Crippen LogP contribution in [0.1, 0.15) is 61.4 Å². The fourth-order valence-electron chi connectivity index (χ4n) is 5.10. The highest BCUT2D eigenvalue weighted by molar-refractivity contribution is 6.04. The molecule has 2 aliphatic heterocycles. The monoisotopic (exact) mass is 491 g/mol. The summed E-state index contributed by atoms with van der Waals surface area (Å²) in [6.07, 6.45) is 2.09. The summed E-state index contributed by atoms with van der Waals surface area (Å²) in [5, 5.41) is 6.54. The number of aryl methyl sites for hydroxylation is 2. The van der Waals surface area contributed by atoms with Crippen molar-refractivity contribution in [1.29, 1.82) is 0 Å². The third kappa shape index (κ3) is 5.95. The summed E-state index contributed by atoms with van der Waals surface area (Å²) < 4.78 is 10.8. The fourth-order valence-corrected chi connectivity index (χ4v) is 5.10. The van der Waals surface area contributed by atoms with Crippen molar-refractivity contribution in [2.24, 2.45) is 11.0 Å². The third-order valence-corrected chi connectivity index (χ3v) is 7.00. The average molecular weight is 492 g/mol. The number of amides is 1. The van der Waals surface area contributed by atoms with Gasteiger partial charge >= 0.3 is 5.97 Å². The standard InChI is InChI=1S/C29H37N3O4/c1-5-35-24-10-8-22(9-11-24)27-18-26(25-12-7-20(3)17-21(25)4)30-32(27)28(33)19-31-15-13-23(14-16-31)29(34)36-6-2/h7-12,17,23,27H,5-6,13-16,18-19H2,1-4H3/t27-/m0/s1. The van der Waals surface area contributed by atoms with Crippen molar-refractivity contribution >= 4 is 17.6 Å². The molecule has 0 spiro atoms. The number of piperidine rings is 1. The van der Waals surface area contributed by atoms with Crippen LogP contribution in [0, 0.1) is 19.8 Å². The number of hydrogen-bond acceptors (Lipinski definition) is 6. The minimum absolute atomic E-state index is 0.0248. The highest BCUT2D eigenvalue weighted by Gasteiger charge is 2.35. The van der Waals surface area contributed by atoms with Gasteiger partial charge in [-0.1, -0.05) is 35.9 Å². The number of likely N-dealkylation sites (tertiary alicyclic amines) is 1. The molecule has 2 aliphatic rings. The Balaban J connectivity index is 1.51. The molecule has 1 fully saturated rings. The molecule has 1 atom stereocenters. The van der Waals surface area contributed by atoms with Crippen LogP contribution in [0.3, 0.4) is 0 Å². The number of rotatable bonds is 8. The van der Waals surface area contributed by atoms with Gasteiger partial charge in [0.1, 0.15) is 5.75 Å². The maximum Gasteiger partial charge on any atom is 0.309 e. The van der Waals surface area contributed by atoms with E-state index in [-0.39, 0.29) is 30.4 Å². The molecule has 0 unspecified atom stereocenters. The number of carbonyl (C=O) groups excluding carboxylic acids is 2. The Morgan fingerprint density at radius 1 is 1.00 bits per heavy atom. The number of ether oxygens (including phenoxy) is 2. The van der Waals surface area contributed by atoms with Crippen molar-refractivity contribution in [2.45, 2.75) is 53.0 Å². The van der Waals surface area contributed by atoms with Gasteiger partial charge in [-0.2, -0.15) is 5.10 Å². The van der Waals surface area contributed by atoms with Crippen LogP contribution in [0.2, 0.25) is 0 Å². The first kappa shape index (κ1) is 25.9. The van der Waals surface area contributed by atoms with Crippen molar-refractivity contribution in [3.63, 3.8) is 0 Å². The fraction of sp³-hybridized carbons (Fsp3) is 0.483. The molecule has 4 rings (SSSR count). The lowest BCUT2D eigenvalue weighted by molar-refractivity contribution is -0.149. The Morgan fingerprint density at radius 2 is 1.72 bits per heavy atom. The predicted octanol–water partition coefficient (Wildman–Crippen LogP) is 4.65. The van der Waals surface area contributed by atoms with Crippen LogP contribution in [0.25, 0.3) is 0 Å². The Hall–Kier alpha value is -3.19. The molecule has 0 aliphatic carbocycles. The van der Waals surface area contributed by atoms with Gasteiger partial charge in [-0.25, -0.2) is 5.01 Å². The molecule has 1 saturated heterocycles. The quantitative estimate of drug-likeness (QED) is 0.503. The molecule has 2 aromatic rings. The summed E-state index contributed by atoms with van der Waals surface area (Å²) in [4.78, 5) is 27.8. The van der Waals surface area contributed by atoms with E-state index in [1.807, 2.05) is 38.1 Å². The Bertz CT molecular complexity index is 1100. The van der Waals surface area contributed by atoms with Crippen molar-refractivity contribution in [2.75, 3.05) is 32.8 Å². The van der Waals surface area contributed by atoms with E-state index in [0.717, 1.165) is 28.2 Å². The van der Waals surface area contributed by atoms with Gasteiger partial charge < -0.3 is 9.47 Å². The number of hydrazone groups is 1. The second-order valence-corrected chi connectivity index (χ2v) is 9.63. The highest BCUT2D eigenvalue weighted by atomic mass is 16.5. The summed E-state index contributed by atoms with van der Waals surface area (Å²) in [6, 6.07) is 14.2. The summed E-state index contributed by atoms with van der Waals surface area (Å²) in [6.45, 7) is 10.7. The van der Waals surface area contributed by atoms with Gasteiger partial charge in [-0.15, -0.1) is 0 Å². The van der Waals surface area contributed by atoms with E-state index in [0.29, 0.717) is 45.6 Å². The van der Waals surface area contributed by atoms with Gasteiger partial charge in [-0.3, -0.25) is 14.5 Å². The molecule has 0 N–H and O–H groups in total. The van der Waals surface area contributed by atoms with Crippen molar-refractivity contribution in [3.05, 3.63) is 64.7 Å². The van der Waals surface area contributed by atoms with Crippen LogP contribution in [0.5, 0.6) is 5.75 Å². The van der Waals surface area contributed by atoms with E-state index < -0.39 is 0 Å². The second kappa shape index (κ2) is 11.7. The second-order valence-electron chi connectivity index (χ2n) is 9.63. The number of carbonyl (C=O) groups is 2. The van der Waals surface area contributed by atoms with Gasteiger partial charge in [0.15, 0.2) is 0 Å².